The lowest BCUT2D eigenvalue weighted by atomic mass is 9.87. The maximum absolute atomic E-state index is 15.5. The summed E-state index contributed by atoms with van der Waals surface area (Å²) in [5, 5.41) is 3.67. The standard InChI is InChI=1S/C36H44ClFN4O6/c1-4-47-36(45)22-9-11-26(12-10-22)48-21-25-15-24(41-18-27(19-41)46-3)17-42(25)34(43)14-23-13-30(37)32(16-31(23)38)39-35(44)29-20-40(2)33-8-6-5-7-28(29)33/h5-8,13,16,20,22,24-27H,4,9-12,14-15,17-19,21H2,1-3H3,(H,39,44)/t22-,24-,25?,26-/m0/s1. The predicted molar refractivity (Wildman–Crippen MR) is 181 cm³/mol. The van der Waals surface area contributed by atoms with E-state index in [-0.39, 0.29) is 64.8 Å². The molecule has 1 N–H and O–H groups in total. The second kappa shape index (κ2) is 14.9. The third kappa shape index (κ3) is 7.39. The minimum Gasteiger partial charge on any atom is -0.466 e. The maximum Gasteiger partial charge on any atom is 0.308 e. The Morgan fingerprint density at radius 1 is 1.04 bits per heavy atom. The van der Waals surface area contributed by atoms with Gasteiger partial charge >= 0.3 is 5.97 Å². The molecule has 2 aromatic carbocycles. The van der Waals surface area contributed by atoms with Gasteiger partial charge in [0.15, 0.2) is 0 Å². The highest BCUT2D eigenvalue weighted by atomic mass is 35.5. The fourth-order valence-electron chi connectivity index (χ4n) is 7.31. The van der Waals surface area contributed by atoms with E-state index in [4.69, 9.17) is 25.8 Å². The van der Waals surface area contributed by atoms with Gasteiger partial charge < -0.3 is 29.0 Å². The lowest BCUT2D eigenvalue weighted by molar-refractivity contribution is -0.150. The summed E-state index contributed by atoms with van der Waals surface area (Å²) in [4.78, 5) is 43.3. The lowest BCUT2D eigenvalue weighted by Crippen LogP contribution is -2.56. The van der Waals surface area contributed by atoms with E-state index in [1.807, 2.05) is 47.7 Å². The van der Waals surface area contributed by atoms with Gasteiger partial charge in [0.1, 0.15) is 5.82 Å². The van der Waals surface area contributed by atoms with Crippen molar-refractivity contribution in [2.45, 2.75) is 69.7 Å². The number of esters is 1. The number of methoxy groups -OCH3 is 1. The van der Waals surface area contributed by atoms with Gasteiger partial charge in [-0.2, -0.15) is 0 Å². The van der Waals surface area contributed by atoms with Crippen LogP contribution in [0.5, 0.6) is 0 Å². The van der Waals surface area contributed by atoms with Crippen molar-refractivity contribution in [1.82, 2.24) is 14.4 Å². The van der Waals surface area contributed by atoms with E-state index in [0.717, 1.165) is 56.1 Å². The molecule has 6 rings (SSSR count). The van der Waals surface area contributed by atoms with Crippen molar-refractivity contribution in [2.75, 3.05) is 45.3 Å². The van der Waals surface area contributed by atoms with Gasteiger partial charge in [0.25, 0.3) is 5.91 Å². The van der Waals surface area contributed by atoms with Crippen LogP contribution in [0.1, 0.15) is 54.9 Å². The number of ether oxygens (including phenoxy) is 3. The quantitative estimate of drug-likeness (QED) is 0.277. The Morgan fingerprint density at radius 3 is 2.52 bits per heavy atom. The van der Waals surface area contributed by atoms with Crippen LogP contribution < -0.4 is 5.32 Å². The smallest absolute Gasteiger partial charge is 0.308 e. The van der Waals surface area contributed by atoms with Gasteiger partial charge in [-0.1, -0.05) is 29.8 Å². The molecule has 2 amide bonds. The Bertz CT molecular complexity index is 1650. The molecule has 3 aromatic rings. The van der Waals surface area contributed by atoms with Crippen molar-refractivity contribution in [1.29, 1.82) is 0 Å². The highest BCUT2D eigenvalue weighted by molar-refractivity contribution is 6.34. The molecule has 1 unspecified atom stereocenters. The molecule has 12 heteroatoms. The number of anilines is 1. The number of aromatic nitrogens is 1. The van der Waals surface area contributed by atoms with Crippen LogP contribution in [0.25, 0.3) is 10.9 Å². The molecule has 1 saturated carbocycles. The summed E-state index contributed by atoms with van der Waals surface area (Å²) < 4.78 is 34.4. The number of amides is 2. The summed E-state index contributed by atoms with van der Waals surface area (Å²) in [7, 11) is 3.56. The highest BCUT2D eigenvalue weighted by Gasteiger charge is 2.42. The number of nitrogens with zero attached hydrogens (tertiary/aromatic N) is 3. The number of rotatable bonds is 11. The van der Waals surface area contributed by atoms with Gasteiger partial charge in [-0.3, -0.25) is 19.3 Å². The first-order valence-corrected chi connectivity index (χ1v) is 17.2. The van der Waals surface area contributed by atoms with E-state index in [0.29, 0.717) is 25.3 Å². The van der Waals surface area contributed by atoms with Gasteiger partial charge in [-0.15, -0.1) is 0 Å². The average Bonchev–Trinajstić information content (AvgIpc) is 3.63. The largest absolute Gasteiger partial charge is 0.466 e. The Labute approximate surface area is 285 Å². The molecule has 48 heavy (non-hydrogen) atoms. The number of nitrogens with one attached hydrogen (secondary N) is 1. The molecule has 3 aliphatic rings. The van der Waals surface area contributed by atoms with Crippen molar-refractivity contribution in [2.24, 2.45) is 13.0 Å². The Hall–Kier alpha value is -3.51. The molecule has 3 heterocycles. The Morgan fingerprint density at radius 2 is 1.79 bits per heavy atom. The molecule has 0 spiro atoms. The normalized spacial score (nSPS) is 23.3. The van der Waals surface area contributed by atoms with Gasteiger partial charge in [0, 0.05) is 56.9 Å². The van der Waals surface area contributed by atoms with Crippen LogP contribution in [0.3, 0.4) is 0 Å². The lowest BCUT2D eigenvalue weighted by Gasteiger charge is -2.42. The van der Waals surface area contributed by atoms with Crippen molar-refractivity contribution < 1.29 is 33.0 Å². The summed E-state index contributed by atoms with van der Waals surface area (Å²) in [6, 6.07) is 10.1. The number of carbonyl (C=O) groups is 3. The molecule has 3 fully saturated rings. The van der Waals surface area contributed by atoms with Crippen LogP contribution >= 0.6 is 11.6 Å². The van der Waals surface area contributed by atoms with Crippen molar-refractivity contribution in [3.8, 4) is 0 Å². The molecule has 258 valence electrons. The highest BCUT2D eigenvalue weighted by Crippen LogP contribution is 2.32. The van der Waals surface area contributed by atoms with Crippen LogP contribution in [0.2, 0.25) is 5.02 Å². The summed E-state index contributed by atoms with van der Waals surface area (Å²) in [5.41, 5.74) is 1.65. The molecular formula is C36H44ClFN4O6. The van der Waals surface area contributed by atoms with Gasteiger partial charge in [0.05, 0.1) is 60.1 Å². The van der Waals surface area contributed by atoms with Crippen LogP contribution in [0.15, 0.2) is 42.6 Å². The van der Waals surface area contributed by atoms with Crippen molar-refractivity contribution >= 4 is 46.0 Å². The number of benzene rings is 2. The molecule has 2 atom stereocenters. The van der Waals surface area contributed by atoms with Gasteiger partial charge in [-0.25, -0.2) is 4.39 Å². The first-order chi connectivity index (χ1) is 23.1. The SMILES string of the molecule is CCOC(=O)[C@H]1CC[C@H](OCC2C[C@H](N3CC(OC)C3)CN2C(=O)Cc2cc(Cl)c(NC(=O)c3cn(C)c4ccccc34)cc2F)CC1. The van der Waals surface area contributed by atoms with Crippen molar-refractivity contribution in [3.63, 3.8) is 0 Å². The van der Waals surface area contributed by atoms with Crippen LogP contribution in [0.4, 0.5) is 10.1 Å². The van der Waals surface area contributed by atoms with E-state index in [2.05, 4.69) is 10.2 Å². The Balaban J connectivity index is 1.10. The summed E-state index contributed by atoms with van der Waals surface area (Å²) in [6.07, 6.45) is 5.50. The van der Waals surface area contributed by atoms with Crippen LogP contribution in [0, 0.1) is 11.7 Å². The second-order valence-electron chi connectivity index (χ2n) is 13.2. The van der Waals surface area contributed by atoms with E-state index in [1.54, 1.807) is 13.3 Å². The van der Waals surface area contributed by atoms with Crippen LogP contribution in [-0.4, -0.2) is 96.4 Å². The predicted octanol–water partition coefficient (Wildman–Crippen LogP) is 5.20. The molecular weight excluding hydrogens is 639 g/mol. The molecule has 2 aliphatic heterocycles. The number of carbonyl (C=O) groups excluding carboxylic acids is 3. The summed E-state index contributed by atoms with van der Waals surface area (Å²) in [6.45, 7) is 4.72. The van der Waals surface area contributed by atoms with E-state index < -0.39 is 11.7 Å². The van der Waals surface area contributed by atoms with Gasteiger partial charge in [-0.05, 0) is 62.8 Å². The Kier molecular flexibility index (Phi) is 10.7. The molecule has 0 bridgehead atoms. The van der Waals surface area contributed by atoms with E-state index in [1.165, 1.54) is 12.1 Å². The summed E-state index contributed by atoms with van der Waals surface area (Å²) >= 11 is 6.55. The maximum atomic E-state index is 15.5. The number of likely N-dealkylation sites (tertiary alicyclic amines) is 2. The number of para-hydroxylation sites is 1. The number of hydrogen-bond acceptors (Lipinski definition) is 7. The van der Waals surface area contributed by atoms with E-state index >= 15 is 4.39 Å². The third-order valence-electron chi connectivity index (χ3n) is 10.1. The summed E-state index contributed by atoms with van der Waals surface area (Å²) in [5.74, 6) is -1.45. The number of fused-ring (bicyclic) bond motifs is 1. The topological polar surface area (TPSA) is 102 Å². The van der Waals surface area contributed by atoms with Crippen molar-refractivity contribution in [3.05, 3.63) is 64.6 Å². The molecule has 1 aliphatic carbocycles. The third-order valence-corrected chi connectivity index (χ3v) is 10.4. The zero-order valence-corrected chi connectivity index (χ0v) is 28.5. The molecule has 10 nitrogen and oxygen atoms in total. The fraction of sp³-hybridized carbons (Fsp3) is 0.528. The molecule has 0 radical (unpaired) electrons. The second-order valence-corrected chi connectivity index (χ2v) is 13.6. The monoisotopic (exact) mass is 682 g/mol. The average molecular weight is 683 g/mol. The number of hydrogen-bond donors (Lipinski definition) is 1. The fourth-order valence-corrected chi connectivity index (χ4v) is 7.54. The van der Waals surface area contributed by atoms with Crippen LogP contribution in [-0.2, 0) is 37.3 Å². The molecule has 1 aromatic heterocycles. The first kappa shape index (κ1) is 34.4. The number of aryl methyl sites for hydroxylation is 1. The zero-order chi connectivity index (χ0) is 33.9. The molecule has 2 saturated heterocycles. The number of halogens is 2. The first-order valence-electron chi connectivity index (χ1n) is 16.8. The minimum atomic E-state index is -0.617. The zero-order valence-electron chi connectivity index (χ0n) is 27.8. The van der Waals surface area contributed by atoms with E-state index in [9.17, 15) is 14.4 Å². The van der Waals surface area contributed by atoms with Gasteiger partial charge in [0.2, 0.25) is 5.91 Å². The minimum absolute atomic E-state index is 0.0152.